The zero-order chi connectivity index (χ0) is 16.8. The van der Waals surface area contributed by atoms with Crippen molar-refractivity contribution in [2.45, 2.75) is 64.7 Å². The number of H-pyrrole nitrogens is 1. The van der Waals surface area contributed by atoms with Crippen LogP contribution in [-0.2, 0) is 6.42 Å². The largest absolute Gasteiger partial charge is 0.354 e. The summed E-state index contributed by atoms with van der Waals surface area (Å²) in [5, 5.41) is 2.67. The molecule has 0 fully saturated rings. The molecule has 0 saturated carbocycles. The van der Waals surface area contributed by atoms with Gasteiger partial charge < -0.3 is 4.98 Å². The molecule has 0 atom stereocenters. The van der Waals surface area contributed by atoms with Crippen LogP contribution in [-0.4, -0.2) is 4.98 Å². The van der Waals surface area contributed by atoms with E-state index in [9.17, 15) is 0 Å². The van der Waals surface area contributed by atoms with Crippen LogP contribution in [0.3, 0.4) is 0 Å². The molecule has 1 aromatic heterocycles. The van der Waals surface area contributed by atoms with Gasteiger partial charge >= 0.3 is 0 Å². The third-order valence-corrected chi connectivity index (χ3v) is 5.63. The second-order valence-corrected chi connectivity index (χ2v) is 7.75. The van der Waals surface area contributed by atoms with Crippen molar-refractivity contribution in [3.05, 3.63) is 46.4 Å². The van der Waals surface area contributed by atoms with E-state index < -0.39 is 0 Å². The van der Waals surface area contributed by atoms with Gasteiger partial charge in [0.25, 0.3) is 0 Å². The van der Waals surface area contributed by atoms with Gasteiger partial charge in [-0.1, -0.05) is 70.1 Å². The summed E-state index contributed by atoms with van der Waals surface area (Å²) in [6, 6.07) is 13.3. The van der Waals surface area contributed by atoms with Crippen LogP contribution in [0.4, 0.5) is 0 Å². The Balaban J connectivity index is 1.56. The third kappa shape index (κ3) is 4.22. The van der Waals surface area contributed by atoms with Crippen LogP contribution in [0.15, 0.2) is 40.9 Å². The first-order valence-electron chi connectivity index (χ1n) is 9.48. The number of rotatable bonds is 9. The Morgan fingerprint density at radius 3 is 2.38 bits per heavy atom. The number of hydrogen-bond donors (Lipinski definition) is 1. The fourth-order valence-corrected chi connectivity index (χ4v) is 4.02. The lowest BCUT2D eigenvalue weighted by atomic mass is 10.0. The summed E-state index contributed by atoms with van der Waals surface area (Å²) in [5.41, 5.74) is 3.91. The van der Waals surface area contributed by atoms with Crippen molar-refractivity contribution in [1.82, 2.24) is 4.98 Å². The van der Waals surface area contributed by atoms with Crippen LogP contribution in [0, 0.1) is 0 Å². The fourth-order valence-electron chi connectivity index (χ4n) is 3.55. The smallest absolute Gasteiger partial charge is 0.0609 e. The van der Waals surface area contributed by atoms with Gasteiger partial charge in [0, 0.05) is 20.8 Å². The van der Waals surface area contributed by atoms with Gasteiger partial charge in [-0.05, 0) is 52.5 Å². The summed E-state index contributed by atoms with van der Waals surface area (Å²) in [6.45, 7) is 2.28. The minimum absolute atomic E-state index is 1.14. The molecule has 0 radical (unpaired) electrons. The quantitative estimate of drug-likeness (QED) is 0.362. The van der Waals surface area contributed by atoms with Crippen molar-refractivity contribution in [1.29, 1.82) is 0 Å². The Bertz CT molecular complexity index is 787. The first-order chi connectivity index (χ1) is 11.8. The van der Waals surface area contributed by atoms with Crippen molar-refractivity contribution in [3.8, 4) is 0 Å². The van der Waals surface area contributed by atoms with Crippen molar-refractivity contribution < 1.29 is 0 Å². The predicted molar refractivity (Wildman–Crippen MR) is 110 cm³/mol. The lowest BCUT2D eigenvalue weighted by Crippen LogP contribution is -1.86. The highest BCUT2D eigenvalue weighted by Crippen LogP contribution is 2.31. The average molecular weight is 386 g/mol. The first kappa shape index (κ1) is 17.5. The van der Waals surface area contributed by atoms with Crippen LogP contribution in [0.2, 0.25) is 0 Å². The highest BCUT2D eigenvalue weighted by molar-refractivity contribution is 9.10. The Labute approximate surface area is 154 Å². The molecule has 3 aromatic rings. The molecule has 24 heavy (non-hydrogen) atoms. The molecule has 128 valence electrons. The molecule has 0 aliphatic rings. The van der Waals surface area contributed by atoms with Crippen molar-refractivity contribution in [3.63, 3.8) is 0 Å². The second-order valence-electron chi connectivity index (χ2n) is 6.89. The molecule has 1 N–H and O–H groups in total. The standard InChI is InChI=1S/C22H28BrN/c1-2-3-4-5-6-7-8-9-11-17-14-15-21-19(16-17)18-12-10-13-20(23)22(18)24-21/h10,12-16,24H,2-9,11H2,1H3. The number of aromatic amines is 1. The Hall–Kier alpha value is -1.28. The molecular formula is C22H28BrN. The zero-order valence-corrected chi connectivity index (χ0v) is 16.3. The average Bonchev–Trinajstić information content (AvgIpc) is 2.97. The third-order valence-electron chi connectivity index (χ3n) is 4.97. The number of hydrogen-bond acceptors (Lipinski definition) is 0. The van der Waals surface area contributed by atoms with Gasteiger partial charge in [0.2, 0.25) is 0 Å². The molecular weight excluding hydrogens is 358 g/mol. The van der Waals surface area contributed by atoms with Gasteiger partial charge in [0.15, 0.2) is 0 Å². The Morgan fingerprint density at radius 2 is 1.58 bits per heavy atom. The van der Waals surface area contributed by atoms with Crippen LogP contribution in [0.1, 0.15) is 63.9 Å². The molecule has 3 rings (SSSR count). The number of para-hydroxylation sites is 1. The van der Waals surface area contributed by atoms with E-state index in [1.165, 1.54) is 85.2 Å². The van der Waals surface area contributed by atoms with Crippen molar-refractivity contribution >= 4 is 37.7 Å². The number of benzene rings is 2. The van der Waals surface area contributed by atoms with Crippen LogP contribution in [0.5, 0.6) is 0 Å². The minimum atomic E-state index is 1.14. The number of halogens is 1. The van der Waals surface area contributed by atoms with Crippen LogP contribution in [0.25, 0.3) is 21.8 Å². The van der Waals surface area contributed by atoms with Crippen LogP contribution < -0.4 is 0 Å². The molecule has 0 spiro atoms. The highest BCUT2D eigenvalue weighted by Gasteiger charge is 2.07. The Kier molecular flexibility index (Phi) is 6.37. The van der Waals surface area contributed by atoms with E-state index in [1.54, 1.807) is 0 Å². The van der Waals surface area contributed by atoms with Gasteiger partial charge in [-0.25, -0.2) is 0 Å². The summed E-state index contributed by atoms with van der Waals surface area (Å²) in [7, 11) is 0. The second kappa shape index (κ2) is 8.71. The van der Waals surface area contributed by atoms with Gasteiger partial charge in [-0.15, -0.1) is 0 Å². The van der Waals surface area contributed by atoms with E-state index in [2.05, 4.69) is 64.2 Å². The van der Waals surface area contributed by atoms with Gasteiger partial charge in [-0.2, -0.15) is 0 Å². The maximum atomic E-state index is 3.64. The van der Waals surface area contributed by atoms with Gasteiger partial charge in [-0.3, -0.25) is 0 Å². The summed E-state index contributed by atoms with van der Waals surface area (Å²) < 4.78 is 1.14. The van der Waals surface area contributed by atoms with Crippen molar-refractivity contribution in [2.75, 3.05) is 0 Å². The summed E-state index contributed by atoms with van der Waals surface area (Å²) in [4.78, 5) is 3.53. The number of unbranched alkanes of at least 4 members (excludes halogenated alkanes) is 7. The molecule has 0 saturated heterocycles. The molecule has 0 unspecified atom stereocenters. The molecule has 1 heterocycles. The monoisotopic (exact) mass is 385 g/mol. The topological polar surface area (TPSA) is 15.8 Å². The lowest BCUT2D eigenvalue weighted by molar-refractivity contribution is 0.575. The number of fused-ring (bicyclic) bond motifs is 3. The van der Waals surface area contributed by atoms with E-state index in [1.807, 2.05) is 0 Å². The van der Waals surface area contributed by atoms with E-state index >= 15 is 0 Å². The number of aryl methyl sites for hydroxylation is 1. The van der Waals surface area contributed by atoms with E-state index in [4.69, 9.17) is 0 Å². The lowest BCUT2D eigenvalue weighted by Gasteiger charge is -2.03. The van der Waals surface area contributed by atoms with Crippen molar-refractivity contribution in [2.24, 2.45) is 0 Å². The molecule has 0 bridgehead atoms. The van der Waals surface area contributed by atoms with E-state index in [0.717, 1.165) is 4.47 Å². The van der Waals surface area contributed by atoms with E-state index in [-0.39, 0.29) is 0 Å². The normalized spacial score (nSPS) is 11.6. The maximum absolute atomic E-state index is 3.64. The number of aromatic nitrogens is 1. The first-order valence-corrected chi connectivity index (χ1v) is 10.3. The Morgan fingerprint density at radius 1 is 0.833 bits per heavy atom. The zero-order valence-electron chi connectivity index (χ0n) is 14.7. The van der Waals surface area contributed by atoms with Gasteiger partial charge in [0.05, 0.1) is 5.52 Å². The highest BCUT2D eigenvalue weighted by atomic mass is 79.9. The molecule has 2 heteroatoms. The summed E-state index contributed by atoms with van der Waals surface area (Å²) >= 11 is 3.64. The molecule has 0 amide bonds. The molecule has 1 nitrogen and oxygen atoms in total. The summed E-state index contributed by atoms with van der Waals surface area (Å²) in [5.74, 6) is 0. The van der Waals surface area contributed by atoms with E-state index in [0.29, 0.717) is 0 Å². The summed E-state index contributed by atoms with van der Waals surface area (Å²) in [6.07, 6.45) is 12.3. The molecule has 2 aromatic carbocycles. The van der Waals surface area contributed by atoms with Gasteiger partial charge in [0.1, 0.15) is 0 Å². The molecule has 0 aliphatic carbocycles. The minimum Gasteiger partial charge on any atom is -0.354 e. The van der Waals surface area contributed by atoms with Crippen LogP contribution >= 0.6 is 15.9 Å². The predicted octanol–water partition coefficient (Wildman–Crippen LogP) is 7.77. The number of nitrogens with one attached hydrogen (secondary N) is 1. The molecule has 0 aliphatic heterocycles. The maximum Gasteiger partial charge on any atom is 0.0609 e. The fraction of sp³-hybridized carbons (Fsp3) is 0.455. The SMILES string of the molecule is CCCCCCCCCCc1ccc2[nH]c3c(Br)cccc3c2c1.